The Morgan fingerprint density at radius 1 is 1.47 bits per heavy atom. The summed E-state index contributed by atoms with van der Waals surface area (Å²) < 4.78 is 5.73. The number of aromatic nitrogens is 2. The molecule has 0 spiro atoms. The first kappa shape index (κ1) is 12.6. The van der Waals surface area contributed by atoms with E-state index in [0.717, 1.165) is 30.4 Å². The Morgan fingerprint density at radius 2 is 2.35 bits per heavy atom. The Bertz CT molecular complexity index is 355. The summed E-state index contributed by atoms with van der Waals surface area (Å²) in [6, 6.07) is 0. The molecule has 1 aromatic rings. The van der Waals surface area contributed by atoms with Crippen LogP contribution < -0.4 is 4.90 Å². The first-order valence-electron chi connectivity index (χ1n) is 5.98. The molecule has 2 rings (SSSR count). The summed E-state index contributed by atoms with van der Waals surface area (Å²) >= 11 is 1.61. The van der Waals surface area contributed by atoms with E-state index in [2.05, 4.69) is 14.9 Å². The lowest BCUT2D eigenvalue weighted by atomic mass is 10.1. The molecule has 4 nitrogen and oxygen atoms in total. The quantitative estimate of drug-likeness (QED) is 0.769. The van der Waals surface area contributed by atoms with E-state index < -0.39 is 0 Å². The molecule has 0 aromatic carbocycles. The molecule has 94 valence electrons. The van der Waals surface area contributed by atoms with E-state index in [1.807, 2.05) is 19.5 Å². The fraction of sp³-hybridized carbons (Fsp3) is 0.667. The molecule has 1 unspecified atom stereocenters. The van der Waals surface area contributed by atoms with Crippen LogP contribution in [0.2, 0.25) is 0 Å². The van der Waals surface area contributed by atoms with E-state index in [-0.39, 0.29) is 0 Å². The normalized spacial score (nSPS) is 20.2. The van der Waals surface area contributed by atoms with Gasteiger partial charge in [-0.2, -0.15) is 0 Å². The molecule has 1 aliphatic heterocycles. The van der Waals surface area contributed by atoms with Crippen LogP contribution in [0.4, 0.5) is 5.82 Å². The molecule has 0 aliphatic carbocycles. The zero-order valence-corrected chi connectivity index (χ0v) is 11.2. The van der Waals surface area contributed by atoms with Crippen molar-refractivity contribution in [3.8, 4) is 0 Å². The molecule has 1 aromatic heterocycles. The smallest absolute Gasteiger partial charge is 0.148 e. The van der Waals surface area contributed by atoms with Crippen molar-refractivity contribution in [1.29, 1.82) is 0 Å². The lowest BCUT2D eigenvalue weighted by Crippen LogP contribution is -2.33. The van der Waals surface area contributed by atoms with Crippen LogP contribution in [0.1, 0.15) is 19.3 Å². The fourth-order valence-corrected chi connectivity index (χ4v) is 2.32. The Balaban J connectivity index is 1.95. The Morgan fingerprint density at radius 3 is 3.06 bits per heavy atom. The van der Waals surface area contributed by atoms with Gasteiger partial charge in [-0.3, -0.25) is 4.98 Å². The highest BCUT2D eigenvalue weighted by Gasteiger charge is 2.16. The van der Waals surface area contributed by atoms with Crippen LogP contribution in [0.25, 0.3) is 0 Å². The van der Waals surface area contributed by atoms with Gasteiger partial charge in [0.15, 0.2) is 0 Å². The van der Waals surface area contributed by atoms with Gasteiger partial charge >= 0.3 is 0 Å². The molecular formula is C12H19N3OS. The van der Waals surface area contributed by atoms with Crippen molar-refractivity contribution in [1.82, 2.24) is 9.97 Å². The number of anilines is 1. The average Bonchev–Trinajstić information content (AvgIpc) is 2.40. The molecule has 0 radical (unpaired) electrons. The Hall–Kier alpha value is -0.810. The number of rotatable bonds is 4. The highest BCUT2D eigenvalue weighted by atomic mass is 32.2. The van der Waals surface area contributed by atoms with Crippen molar-refractivity contribution in [3.05, 3.63) is 12.4 Å². The summed E-state index contributed by atoms with van der Waals surface area (Å²) in [7, 11) is 2.05. The van der Waals surface area contributed by atoms with E-state index in [0.29, 0.717) is 6.10 Å². The largest absolute Gasteiger partial charge is 0.376 e. The van der Waals surface area contributed by atoms with Crippen LogP contribution in [-0.4, -0.2) is 42.5 Å². The van der Waals surface area contributed by atoms with Crippen LogP contribution in [0.15, 0.2) is 17.4 Å². The molecule has 1 atom stereocenters. The number of nitrogens with zero attached hydrogens (tertiary/aromatic N) is 3. The molecule has 1 fully saturated rings. The summed E-state index contributed by atoms with van der Waals surface area (Å²) in [6.07, 6.45) is 9.57. The van der Waals surface area contributed by atoms with E-state index in [9.17, 15) is 0 Å². The molecule has 0 amide bonds. The summed E-state index contributed by atoms with van der Waals surface area (Å²) in [5.41, 5.74) is 0. The van der Waals surface area contributed by atoms with Crippen LogP contribution >= 0.6 is 11.8 Å². The summed E-state index contributed by atoms with van der Waals surface area (Å²) in [6.45, 7) is 1.79. The highest BCUT2D eigenvalue weighted by Crippen LogP contribution is 2.18. The van der Waals surface area contributed by atoms with Gasteiger partial charge in [0.25, 0.3) is 0 Å². The van der Waals surface area contributed by atoms with Gasteiger partial charge in [0.1, 0.15) is 10.8 Å². The van der Waals surface area contributed by atoms with Crippen molar-refractivity contribution >= 4 is 17.6 Å². The minimum atomic E-state index is 0.341. The van der Waals surface area contributed by atoms with Crippen LogP contribution in [0.5, 0.6) is 0 Å². The van der Waals surface area contributed by atoms with Crippen LogP contribution in [0.3, 0.4) is 0 Å². The molecule has 17 heavy (non-hydrogen) atoms. The second-order valence-corrected chi connectivity index (χ2v) is 5.12. The zero-order valence-electron chi connectivity index (χ0n) is 10.4. The van der Waals surface area contributed by atoms with Gasteiger partial charge in [-0.15, -0.1) is 11.8 Å². The number of ether oxygens (including phenoxy) is 1. The minimum Gasteiger partial charge on any atom is -0.376 e. The van der Waals surface area contributed by atoms with E-state index in [4.69, 9.17) is 4.74 Å². The number of likely N-dealkylation sites (N-methyl/N-ethyl adjacent to an activating group) is 1. The topological polar surface area (TPSA) is 38.2 Å². The summed E-state index contributed by atoms with van der Waals surface area (Å²) in [5.74, 6) is 0.922. The molecule has 1 saturated heterocycles. The first-order valence-corrected chi connectivity index (χ1v) is 7.21. The second kappa shape index (κ2) is 6.21. The molecule has 1 aliphatic rings. The lowest BCUT2D eigenvalue weighted by molar-refractivity contribution is 0.0215. The van der Waals surface area contributed by atoms with Gasteiger partial charge < -0.3 is 9.64 Å². The van der Waals surface area contributed by atoms with Gasteiger partial charge in [0.2, 0.25) is 0 Å². The van der Waals surface area contributed by atoms with Crippen molar-refractivity contribution in [3.63, 3.8) is 0 Å². The predicted molar refractivity (Wildman–Crippen MR) is 70.7 cm³/mol. The maximum Gasteiger partial charge on any atom is 0.148 e. The third kappa shape index (κ3) is 3.57. The molecule has 0 saturated carbocycles. The summed E-state index contributed by atoms with van der Waals surface area (Å²) in [5, 5.41) is 0.957. The van der Waals surface area contributed by atoms with E-state index in [1.165, 1.54) is 12.8 Å². The van der Waals surface area contributed by atoms with Crippen LogP contribution in [0, 0.1) is 0 Å². The number of hydrogen-bond donors (Lipinski definition) is 0. The zero-order chi connectivity index (χ0) is 12.1. The van der Waals surface area contributed by atoms with E-state index >= 15 is 0 Å². The number of thioether (sulfide) groups is 1. The highest BCUT2D eigenvalue weighted by molar-refractivity contribution is 7.98. The van der Waals surface area contributed by atoms with Gasteiger partial charge in [0, 0.05) is 20.2 Å². The van der Waals surface area contributed by atoms with Crippen molar-refractivity contribution in [2.75, 3.05) is 31.4 Å². The molecular weight excluding hydrogens is 234 g/mol. The predicted octanol–water partition coefficient (Wildman–Crippen LogP) is 2.20. The SMILES string of the molecule is CSc1cncc(N(C)CC2CCCCO2)n1. The lowest BCUT2D eigenvalue weighted by Gasteiger charge is -2.27. The van der Waals surface area contributed by atoms with E-state index in [1.54, 1.807) is 18.0 Å². The van der Waals surface area contributed by atoms with Crippen molar-refractivity contribution in [2.24, 2.45) is 0 Å². The minimum absolute atomic E-state index is 0.341. The van der Waals surface area contributed by atoms with Crippen molar-refractivity contribution in [2.45, 2.75) is 30.4 Å². The van der Waals surface area contributed by atoms with Gasteiger partial charge in [-0.25, -0.2) is 4.98 Å². The molecule has 5 heteroatoms. The second-order valence-electron chi connectivity index (χ2n) is 4.29. The number of hydrogen-bond acceptors (Lipinski definition) is 5. The summed E-state index contributed by atoms with van der Waals surface area (Å²) in [4.78, 5) is 10.9. The molecule has 2 heterocycles. The van der Waals surface area contributed by atoms with Crippen LogP contribution in [-0.2, 0) is 4.74 Å². The van der Waals surface area contributed by atoms with Crippen molar-refractivity contribution < 1.29 is 4.74 Å². The average molecular weight is 253 g/mol. The Kier molecular flexibility index (Phi) is 4.62. The maximum atomic E-state index is 5.73. The standard InChI is InChI=1S/C12H19N3OS/c1-15(9-10-5-3-4-6-16-10)11-7-13-8-12(14-11)17-2/h7-8,10H,3-6,9H2,1-2H3. The monoisotopic (exact) mass is 253 g/mol. The molecule has 0 bridgehead atoms. The first-order chi connectivity index (χ1) is 8.29. The third-order valence-electron chi connectivity index (χ3n) is 2.95. The Labute approximate surface area is 107 Å². The van der Waals surface area contributed by atoms with Gasteiger partial charge in [0.05, 0.1) is 18.5 Å². The van der Waals surface area contributed by atoms with Gasteiger partial charge in [-0.05, 0) is 25.5 Å². The maximum absolute atomic E-state index is 5.73. The fourth-order valence-electron chi connectivity index (χ4n) is 1.97. The third-order valence-corrected chi connectivity index (χ3v) is 3.57. The molecule has 0 N–H and O–H groups in total. The van der Waals surface area contributed by atoms with Gasteiger partial charge in [-0.1, -0.05) is 0 Å².